The van der Waals surface area contributed by atoms with E-state index in [1.54, 1.807) is 11.9 Å². The Morgan fingerprint density at radius 3 is 3.06 bits per heavy atom. The molecule has 5 nitrogen and oxygen atoms in total. The second-order valence-corrected chi connectivity index (χ2v) is 3.43. The normalized spacial score (nSPS) is 9.81. The standard InChI is InChI=1S/C11H15N3O2/c1-3-4-5-8-14(2)10-9(11(15)16)6-7-12-13-10/h3,6-7H,1,4-5,8H2,2H3,(H,15,16). The van der Waals surface area contributed by atoms with E-state index in [4.69, 9.17) is 5.11 Å². The molecule has 1 aromatic heterocycles. The third-order valence-corrected chi connectivity index (χ3v) is 2.19. The largest absolute Gasteiger partial charge is 0.478 e. The van der Waals surface area contributed by atoms with Gasteiger partial charge in [-0.1, -0.05) is 6.08 Å². The average Bonchev–Trinajstić information content (AvgIpc) is 2.29. The Hall–Kier alpha value is -1.91. The zero-order valence-electron chi connectivity index (χ0n) is 9.26. The lowest BCUT2D eigenvalue weighted by Crippen LogP contribution is -2.22. The van der Waals surface area contributed by atoms with Crippen LogP contribution in [0.3, 0.4) is 0 Å². The monoisotopic (exact) mass is 221 g/mol. The maximum Gasteiger partial charge on any atom is 0.339 e. The van der Waals surface area contributed by atoms with E-state index in [0.29, 0.717) is 5.82 Å². The molecule has 0 bridgehead atoms. The lowest BCUT2D eigenvalue weighted by atomic mass is 10.2. The van der Waals surface area contributed by atoms with Crippen molar-refractivity contribution in [1.82, 2.24) is 10.2 Å². The van der Waals surface area contributed by atoms with Gasteiger partial charge >= 0.3 is 5.97 Å². The van der Waals surface area contributed by atoms with Gasteiger partial charge in [0.05, 0.1) is 6.20 Å². The van der Waals surface area contributed by atoms with Crippen molar-refractivity contribution in [1.29, 1.82) is 0 Å². The van der Waals surface area contributed by atoms with Crippen LogP contribution in [-0.2, 0) is 0 Å². The number of carbonyl (C=O) groups is 1. The zero-order chi connectivity index (χ0) is 12.0. The van der Waals surface area contributed by atoms with E-state index in [9.17, 15) is 4.79 Å². The molecule has 0 aromatic carbocycles. The Kier molecular flexibility index (Phi) is 4.44. The molecular weight excluding hydrogens is 206 g/mol. The molecule has 0 aliphatic carbocycles. The van der Waals surface area contributed by atoms with E-state index in [1.165, 1.54) is 12.3 Å². The summed E-state index contributed by atoms with van der Waals surface area (Å²) >= 11 is 0. The van der Waals surface area contributed by atoms with Gasteiger partial charge in [0.25, 0.3) is 0 Å². The highest BCUT2D eigenvalue weighted by Gasteiger charge is 2.14. The number of rotatable bonds is 6. The van der Waals surface area contributed by atoms with Gasteiger partial charge in [-0.25, -0.2) is 4.79 Å². The molecule has 5 heteroatoms. The summed E-state index contributed by atoms with van der Waals surface area (Å²) in [5.74, 6) is -0.584. The number of anilines is 1. The number of carboxylic acid groups (broad SMARTS) is 1. The van der Waals surface area contributed by atoms with E-state index >= 15 is 0 Å². The van der Waals surface area contributed by atoms with Crippen LogP contribution < -0.4 is 4.90 Å². The number of aromatic carboxylic acids is 1. The summed E-state index contributed by atoms with van der Waals surface area (Å²) in [4.78, 5) is 12.7. The minimum Gasteiger partial charge on any atom is -0.478 e. The van der Waals surface area contributed by atoms with Crippen molar-refractivity contribution in [3.8, 4) is 0 Å². The molecule has 0 spiro atoms. The van der Waals surface area contributed by atoms with E-state index in [-0.39, 0.29) is 5.56 Å². The fraction of sp³-hybridized carbons (Fsp3) is 0.364. The molecule has 0 amide bonds. The van der Waals surface area contributed by atoms with Gasteiger partial charge < -0.3 is 10.0 Å². The van der Waals surface area contributed by atoms with Gasteiger partial charge in [0.15, 0.2) is 5.82 Å². The van der Waals surface area contributed by atoms with Crippen molar-refractivity contribution < 1.29 is 9.90 Å². The SMILES string of the molecule is C=CCCCN(C)c1nnccc1C(=O)O. The summed E-state index contributed by atoms with van der Waals surface area (Å²) in [6.45, 7) is 4.36. The summed E-state index contributed by atoms with van der Waals surface area (Å²) in [5, 5.41) is 16.5. The molecule has 0 saturated heterocycles. The Labute approximate surface area is 94.4 Å². The number of hydrogen-bond acceptors (Lipinski definition) is 4. The second-order valence-electron chi connectivity index (χ2n) is 3.43. The number of carboxylic acids is 1. The minimum atomic E-state index is -0.986. The van der Waals surface area contributed by atoms with Crippen LogP contribution in [0.2, 0.25) is 0 Å². The van der Waals surface area contributed by atoms with Crippen LogP contribution in [0.25, 0.3) is 0 Å². The van der Waals surface area contributed by atoms with Crippen LogP contribution in [0.5, 0.6) is 0 Å². The third-order valence-electron chi connectivity index (χ3n) is 2.19. The first-order valence-electron chi connectivity index (χ1n) is 5.04. The van der Waals surface area contributed by atoms with Crippen molar-refractivity contribution in [2.75, 3.05) is 18.5 Å². The van der Waals surface area contributed by atoms with E-state index < -0.39 is 5.97 Å². The van der Waals surface area contributed by atoms with Crippen molar-refractivity contribution >= 4 is 11.8 Å². The highest BCUT2D eigenvalue weighted by atomic mass is 16.4. The smallest absolute Gasteiger partial charge is 0.339 e. The third kappa shape index (κ3) is 3.05. The van der Waals surface area contributed by atoms with Crippen molar-refractivity contribution in [3.63, 3.8) is 0 Å². The van der Waals surface area contributed by atoms with E-state index in [0.717, 1.165) is 19.4 Å². The Balaban J connectivity index is 2.77. The first-order chi connectivity index (χ1) is 7.66. The minimum absolute atomic E-state index is 0.177. The predicted molar refractivity (Wildman–Crippen MR) is 61.7 cm³/mol. The molecule has 0 aliphatic rings. The zero-order valence-corrected chi connectivity index (χ0v) is 9.26. The topological polar surface area (TPSA) is 66.3 Å². The lowest BCUT2D eigenvalue weighted by molar-refractivity contribution is 0.0697. The Morgan fingerprint density at radius 1 is 1.69 bits per heavy atom. The quantitative estimate of drug-likeness (QED) is 0.583. The first-order valence-corrected chi connectivity index (χ1v) is 5.04. The van der Waals surface area contributed by atoms with Gasteiger partial charge in [-0.2, -0.15) is 5.10 Å². The van der Waals surface area contributed by atoms with Gasteiger partial charge in [0.1, 0.15) is 5.56 Å². The van der Waals surface area contributed by atoms with Crippen LogP contribution in [-0.4, -0.2) is 34.9 Å². The van der Waals surface area contributed by atoms with Gasteiger partial charge in [-0.15, -0.1) is 11.7 Å². The fourth-order valence-electron chi connectivity index (χ4n) is 1.35. The fourth-order valence-corrected chi connectivity index (χ4v) is 1.35. The van der Waals surface area contributed by atoms with Crippen LogP contribution in [0, 0.1) is 0 Å². The summed E-state index contributed by atoms with van der Waals surface area (Å²) in [7, 11) is 1.81. The Morgan fingerprint density at radius 2 is 2.44 bits per heavy atom. The summed E-state index contributed by atoms with van der Waals surface area (Å²) in [6, 6.07) is 1.45. The van der Waals surface area contributed by atoms with E-state index in [1.807, 2.05) is 6.08 Å². The molecule has 0 aliphatic heterocycles. The highest BCUT2D eigenvalue weighted by molar-refractivity contribution is 5.92. The molecule has 0 saturated carbocycles. The van der Waals surface area contributed by atoms with Crippen LogP contribution >= 0.6 is 0 Å². The van der Waals surface area contributed by atoms with Crippen LogP contribution in [0.1, 0.15) is 23.2 Å². The lowest BCUT2D eigenvalue weighted by Gasteiger charge is -2.18. The van der Waals surface area contributed by atoms with Gasteiger partial charge in [0.2, 0.25) is 0 Å². The van der Waals surface area contributed by atoms with Crippen LogP contribution in [0.15, 0.2) is 24.9 Å². The van der Waals surface area contributed by atoms with Crippen molar-refractivity contribution in [2.45, 2.75) is 12.8 Å². The van der Waals surface area contributed by atoms with Gasteiger partial charge in [-0.3, -0.25) is 0 Å². The molecular formula is C11H15N3O2. The highest BCUT2D eigenvalue weighted by Crippen LogP contribution is 2.14. The molecule has 0 unspecified atom stereocenters. The summed E-state index contributed by atoms with van der Waals surface area (Å²) < 4.78 is 0. The average molecular weight is 221 g/mol. The number of hydrogen-bond donors (Lipinski definition) is 1. The maximum absolute atomic E-state index is 10.9. The molecule has 0 fully saturated rings. The second kappa shape index (κ2) is 5.85. The molecule has 86 valence electrons. The van der Waals surface area contributed by atoms with E-state index in [2.05, 4.69) is 16.8 Å². The van der Waals surface area contributed by atoms with Crippen molar-refractivity contribution in [3.05, 3.63) is 30.5 Å². The Bertz CT molecular complexity index is 379. The number of unbranched alkanes of at least 4 members (excludes halogenated alkanes) is 1. The predicted octanol–water partition coefficient (Wildman–Crippen LogP) is 1.58. The maximum atomic E-state index is 10.9. The molecule has 1 rings (SSSR count). The molecule has 1 aromatic rings. The van der Waals surface area contributed by atoms with Gasteiger partial charge in [-0.05, 0) is 18.9 Å². The molecule has 16 heavy (non-hydrogen) atoms. The first kappa shape index (κ1) is 12.2. The molecule has 1 heterocycles. The summed E-state index contributed by atoms with van der Waals surface area (Å²) in [5.41, 5.74) is 0.177. The molecule has 0 radical (unpaired) electrons. The molecule has 1 N–H and O–H groups in total. The van der Waals surface area contributed by atoms with Crippen molar-refractivity contribution in [2.24, 2.45) is 0 Å². The molecule has 0 atom stereocenters. The van der Waals surface area contributed by atoms with Crippen LogP contribution in [0.4, 0.5) is 5.82 Å². The number of nitrogens with zero attached hydrogens (tertiary/aromatic N) is 3. The number of allylic oxidation sites excluding steroid dienone is 1. The van der Waals surface area contributed by atoms with Gasteiger partial charge in [0, 0.05) is 13.6 Å². The summed E-state index contributed by atoms with van der Waals surface area (Å²) in [6.07, 6.45) is 5.02. The number of aromatic nitrogens is 2.